The van der Waals surface area contributed by atoms with Crippen LogP contribution >= 0.6 is 22.9 Å². The first-order chi connectivity index (χ1) is 12.0. The molecule has 1 aromatic heterocycles. The summed E-state index contributed by atoms with van der Waals surface area (Å²) in [6, 6.07) is 17.8. The summed E-state index contributed by atoms with van der Waals surface area (Å²) < 4.78 is 32.4. The molecular formula is C18H16ClNO3S2. The molecule has 7 heteroatoms. The number of hydrogen-bond donors (Lipinski definition) is 1. The quantitative estimate of drug-likeness (QED) is 0.668. The first kappa shape index (κ1) is 17.9. The number of hydrogen-bond acceptors (Lipinski definition) is 4. The molecule has 3 aromatic rings. The molecule has 0 unspecified atom stereocenters. The predicted octanol–water partition coefficient (Wildman–Crippen LogP) is 4.56. The molecule has 0 aliphatic carbocycles. The number of sulfonamides is 1. The van der Waals surface area contributed by atoms with Gasteiger partial charge in [0.25, 0.3) is 0 Å². The van der Waals surface area contributed by atoms with Crippen LogP contribution in [0.15, 0.2) is 65.6 Å². The third kappa shape index (κ3) is 4.41. The third-order valence-electron chi connectivity index (χ3n) is 3.60. The topological polar surface area (TPSA) is 55.4 Å². The van der Waals surface area contributed by atoms with Crippen molar-refractivity contribution in [3.63, 3.8) is 0 Å². The van der Waals surface area contributed by atoms with Gasteiger partial charge in [0.1, 0.15) is 5.75 Å². The highest BCUT2D eigenvalue weighted by Gasteiger charge is 2.14. The van der Waals surface area contributed by atoms with E-state index in [0.29, 0.717) is 10.8 Å². The van der Waals surface area contributed by atoms with Crippen molar-refractivity contribution < 1.29 is 13.2 Å². The zero-order valence-electron chi connectivity index (χ0n) is 13.4. The number of ether oxygens (including phenoxy) is 1. The van der Waals surface area contributed by atoms with Gasteiger partial charge in [-0.2, -0.15) is 0 Å². The highest BCUT2D eigenvalue weighted by atomic mass is 35.5. The Morgan fingerprint density at radius 1 is 1.00 bits per heavy atom. The Bertz CT molecular complexity index is 949. The fraction of sp³-hybridized carbons (Fsp3) is 0.111. The van der Waals surface area contributed by atoms with Gasteiger partial charge in [0.15, 0.2) is 0 Å². The van der Waals surface area contributed by atoms with Crippen LogP contribution in [-0.4, -0.2) is 15.5 Å². The van der Waals surface area contributed by atoms with E-state index in [9.17, 15) is 8.42 Å². The van der Waals surface area contributed by atoms with Crippen LogP contribution in [0.5, 0.6) is 5.75 Å². The van der Waals surface area contributed by atoms with Gasteiger partial charge in [-0.1, -0.05) is 23.7 Å². The van der Waals surface area contributed by atoms with Gasteiger partial charge in [-0.3, -0.25) is 0 Å². The standard InChI is InChI=1S/C18H16ClNO3S2/c1-23-15-6-9-17(10-7-15)25(21,22)20-12-16-8-11-18(24-16)13-2-4-14(19)5-3-13/h2-11,20H,12H2,1H3. The number of nitrogens with one attached hydrogen (secondary N) is 1. The summed E-state index contributed by atoms with van der Waals surface area (Å²) in [5.41, 5.74) is 1.05. The van der Waals surface area contributed by atoms with E-state index in [1.807, 2.05) is 36.4 Å². The Morgan fingerprint density at radius 2 is 1.68 bits per heavy atom. The molecule has 0 amide bonds. The molecule has 0 radical (unpaired) electrons. The van der Waals surface area contributed by atoms with Gasteiger partial charge < -0.3 is 4.74 Å². The maximum atomic E-state index is 12.4. The lowest BCUT2D eigenvalue weighted by Crippen LogP contribution is -2.22. The van der Waals surface area contributed by atoms with Crippen molar-refractivity contribution >= 4 is 33.0 Å². The van der Waals surface area contributed by atoms with Crippen molar-refractivity contribution in [1.29, 1.82) is 0 Å². The van der Waals surface area contributed by atoms with E-state index in [0.717, 1.165) is 15.3 Å². The minimum atomic E-state index is -3.56. The Balaban J connectivity index is 1.69. The number of rotatable bonds is 6. The molecule has 130 valence electrons. The van der Waals surface area contributed by atoms with Crippen LogP contribution in [-0.2, 0) is 16.6 Å². The summed E-state index contributed by atoms with van der Waals surface area (Å²) in [6.07, 6.45) is 0. The van der Waals surface area contributed by atoms with Gasteiger partial charge in [0.2, 0.25) is 10.0 Å². The molecule has 0 aliphatic rings. The molecule has 2 aromatic carbocycles. The van der Waals surface area contributed by atoms with E-state index < -0.39 is 10.0 Å². The van der Waals surface area contributed by atoms with Crippen molar-refractivity contribution in [2.24, 2.45) is 0 Å². The molecule has 0 aliphatic heterocycles. The Labute approximate surface area is 156 Å². The van der Waals surface area contributed by atoms with Crippen molar-refractivity contribution in [3.05, 3.63) is 70.6 Å². The average Bonchev–Trinajstić information content (AvgIpc) is 3.10. The van der Waals surface area contributed by atoms with Crippen molar-refractivity contribution in [3.8, 4) is 16.2 Å². The molecule has 0 saturated carbocycles. The van der Waals surface area contributed by atoms with E-state index in [1.54, 1.807) is 23.5 Å². The van der Waals surface area contributed by atoms with Crippen LogP contribution in [0.3, 0.4) is 0 Å². The number of thiophene rings is 1. The molecular weight excluding hydrogens is 378 g/mol. The van der Waals surface area contributed by atoms with Crippen molar-refractivity contribution in [2.45, 2.75) is 11.4 Å². The lowest BCUT2D eigenvalue weighted by atomic mass is 10.2. The lowest BCUT2D eigenvalue weighted by molar-refractivity contribution is 0.414. The predicted molar refractivity (Wildman–Crippen MR) is 102 cm³/mol. The molecule has 1 N–H and O–H groups in total. The first-order valence-electron chi connectivity index (χ1n) is 7.46. The van der Waals surface area contributed by atoms with Crippen LogP contribution in [0.1, 0.15) is 4.88 Å². The van der Waals surface area contributed by atoms with Crippen LogP contribution in [0.4, 0.5) is 0 Å². The van der Waals surface area contributed by atoms with E-state index in [4.69, 9.17) is 16.3 Å². The van der Waals surface area contributed by atoms with E-state index in [2.05, 4.69) is 4.72 Å². The second-order valence-corrected chi connectivity index (χ2v) is 8.64. The van der Waals surface area contributed by atoms with Gasteiger partial charge in [0, 0.05) is 21.3 Å². The van der Waals surface area contributed by atoms with E-state index in [1.165, 1.54) is 19.2 Å². The summed E-state index contributed by atoms with van der Waals surface area (Å²) >= 11 is 7.44. The van der Waals surface area contributed by atoms with Gasteiger partial charge >= 0.3 is 0 Å². The first-order valence-corrected chi connectivity index (χ1v) is 10.1. The molecule has 0 saturated heterocycles. The molecule has 3 rings (SSSR count). The van der Waals surface area contributed by atoms with Crippen molar-refractivity contribution in [2.75, 3.05) is 7.11 Å². The summed E-state index contributed by atoms with van der Waals surface area (Å²) in [6.45, 7) is 0.243. The Kier molecular flexibility index (Phi) is 5.44. The van der Waals surface area contributed by atoms with Crippen LogP contribution in [0, 0.1) is 0 Å². The van der Waals surface area contributed by atoms with E-state index >= 15 is 0 Å². The maximum Gasteiger partial charge on any atom is 0.240 e. The zero-order valence-corrected chi connectivity index (χ0v) is 15.8. The summed E-state index contributed by atoms with van der Waals surface area (Å²) in [4.78, 5) is 2.21. The van der Waals surface area contributed by atoms with Gasteiger partial charge in [0.05, 0.1) is 12.0 Å². The minimum Gasteiger partial charge on any atom is -0.497 e. The highest BCUT2D eigenvalue weighted by molar-refractivity contribution is 7.89. The Morgan fingerprint density at radius 3 is 2.32 bits per heavy atom. The molecule has 0 spiro atoms. The Hall–Kier alpha value is -1.86. The van der Waals surface area contributed by atoms with Crippen LogP contribution < -0.4 is 9.46 Å². The van der Waals surface area contributed by atoms with Gasteiger partial charge in [-0.15, -0.1) is 11.3 Å². The molecule has 25 heavy (non-hydrogen) atoms. The second kappa shape index (κ2) is 7.58. The maximum absolute atomic E-state index is 12.4. The third-order valence-corrected chi connectivity index (χ3v) is 6.40. The molecule has 4 nitrogen and oxygen atoms in total. The van der Waals surface area contributed by atoms with Crippen molar-refractivity contribution in [1.82, 2.24) is 4.72 Å². The molecule has 0 bridgehead atoms. The number of methoxy groups -OCH3 is 1. The number of benzene rings is 2. The average molecular weight is 394 g/mol. The minimum absolute atomic E-state index is 0.211. The lowest BCUT2D eigenvalue weighted by Gasteiger charge is -2.06. The number of halogens is 1. The van der Waals surface area contributed by atoms with Gasteiger partial charge in [-0.25, -0.2) is 13.1 Å². The zero-order chi connectivity index (χ0) is 17.9. The fourth-order valence-electron chi connectivity index (χ4n) is 2.25. The molecule has 0 fully saturated rings. The van der Waals surface area contributed by atoms with Crippen LogP contribution in [0.2, 0.25) is 5.02 Å². The summed E-state index contributed by atoms with van der Waals surface area (Å²) in [5.74, 6) is 0.616. The molecule has 1 heterocycles. The fourth-order valence-corrected chi connectivity index (χ4v) is 4.42. The van der Waals surface area contributed by atoms with E-state index in [-0.39, 0.29) is 11.4 Å². The highest BCUT2D eigenvalue weighted by Crippen LogP contribution is 2.29. The SMILES string of the molecule is COc1ccc(S(=O)(=O)NCc2ccc(-c3ccc(Cl)cc3)s2)cc1. The summed E-state index contributed by atoms with van der Waals surface area (Å²) in [5, 5.41) is 0.688. The monoisotopic (exact) mass is 393 g/mol. The second-order valence-electron chi connectivity index (χ2n) is 5.27. The summed E-state index contributed by atoms with van der Waals surface area (Å²) in [7, 11) is -2.02. The normalized spacial score (nSPS) is 11.4. The largest absolute Gasteiger partial charge is 0.497 e. The molecule has 0 atom stereocenters. The van der Waals surface area contributed by atoms with Gasteiger partial charge in [-0.05, 0) is 54.1 Å². The smallest absolute Gasteiger partial charge is 0.240 e. The van der Waals surface area contributed by atoms with Crippen LogP contribution in [0.25, 0.3) is 10.4 Å².